The molecule has 0 bridgehead atoms. The third-order valence-corrected chi connectivity index (χ3v) is 3.48. The number of rotatable bonds is 2. The Morgan fingerprint density at radius 1 is 1.50 bits per heavy atom. The van der Waals surface area contributed by atoms with Gasteiger partial charge in [0.1, 0.15) is 5.82 Å². The molecule has 5 heteroatoms. The van der Waals surface area contributed by atoms with Crippen molar-refractivity contribution in [1.82, 2.24) is 4.90 Å². The highest BCUT2D eigenvalue weighted by Crippen LogP contribution is 2.23. The average Bonchev–Trinajstić information content (AvgIpc) is 2.73. The lowest BCUT2D eigenvalue weighted by molar-refractivity contribution is 0.202. The molecule has 0 spiro atoms. The van der Waals surface area contributed by atoms with Gasteiger partial charge in [0.25, 0.3) is 0 Å². The Hall–Kier alpha value is -1.62. The van der Waals surface area contributed by atoms with Crippen LogP contribution < -0.4 is 11.1 Å². The number of carbonyl (C=O) groups is 1. The molecule has 1 aromatic carbocycles. The second-order valence-corrected chi connectivity index (χ2v) is 4.70. The van der Waals surface area contributed by atoms with Crippen molar-refractivity contribution in [3.05, 3.63) is 30.1 Å². The molecule has 18 heavy (non-hydrogen) atoms. The Bertz CT molecular complexity index is 421. The Kier molecular flexibility index (Phi) is 3.81. The number of hydrogen-bond donors (Lipinski definition) is 2. The number of urea groups is 1. The van der Waals surface area contributed by atoms with Gasteiger partial charge in [0.05, 0.1) is 0 Å². The number of hydrogen-bond acceptors (Lipinski definition) is 2. The number of halogens is 1. The van der Waals surface area contributed by atoms with Gasteiger partial charge >= 0.3 is 6.03 Å². The van der Waals surface area contributed by atoms with E-state index in [1.54, 1.807) is 17.0 Å². The summed E-state index contributed by atoms with van der Waals surface area (Å²) >= 11 is 0. The normalized spacial score (nSPS) is 23.2. The minimum Gasteiger partial charge on any atom is -0.328 e. The summed E-state index contributed by atoms with van der Waals surface area (Å²) in [6.07, 6.45) is 0.971. The number of amides is 2. The molecule has 1 heterocycles. The molecule has 2 unspecified atom stereocenters. The summed E-state index contributed by atoms with van der Waals surface area (Å²) in [4.78, 5) is 13.8. The van der Waals surface area contributed by atoms with Crippen LogP contribution >= 0.6 is 0 Å². The highest BCUT2D eigenvalue weighted by Gasteiger charge is 2.33. The summed E-state index contributed by atoms with van der Waals surface area (Å²) in [5.41, 5.74) is 6.29. The maximum Gasteiger partial charge on any atom is 0.322 e. The molecule has 0 aliphatic carbocycles. The molecule has 98 valence electrons. The van der Waals surface area contributed by atoms with Crippen LogP contribution in [0.25, 0.3) is 0 Å². The van der Waals surface area contributed by atoms with Gasteiger partial charge in [-0.15, -0.1) is 0 Å². The molecular formula is C13H18FN3O. The lowest BCUT2D eigenvalue weighted by atomic mass is 10.0. The first kappa shape index (κ1) is 12.8. The average molecular weight is 251 g/mol. The molecule has 1 saturated heterocycles. The Morgan fingerprint density at radius 2 is 2.17 bits per heavy atom. The van der Waals surface area contributed by atoms with Gasteiger partial charge in [0.2, 0.25) is 0 Å². The van der Waals surface area contributed by atoms with Crippen molar-refractivity contribution in [2.75, 3.05) is 18.4 Å². The molecule has 2 atom stereocenters. The lowest BCUT2D eigenvalue weighted by Crippen LogP contribution is -2.44. The van der Waals surface area contributed by atoms with Crippen LogP contribution in [0, 0.1) is 11.7 Å². The van der Waals surface area contributed by atoms with Crippen LogP contribution in [-0.4, -0.2) is 30.1 Å². The minimum absolute atomic E-state index is 0.0884. The maximum atomic E-state index is 12.8. The van der Waals surface area contributed by atoms with Gasteiger partial charge in [-0.25, -0.2) is 9.18 Å². The van der Waals surface area contributed by atoms with Crippen molar-refractivity contribution in [2.24, 2.45) is 11.7 Å². The summed E-state index contributed by atoms with van der Waals surface area (Å²) in [6.45, 7) is 3.29. The molecule has 4 nitrogen and oxygen atoms in total. The Morgan fingerprint density at radius 3 is 2.78 bits per heavy atom. The van der Waals surface area contributed by atoms with Crippen LogP contribution in [-0.2, 0) is 0 Å². The van der Waals surface area contributed by atoms with E-state index >= 15 is 0 Å². The fourth-order valence-corrected chi connectivity index (χ4v) is 2.35. The molecule has 1 fully saturated rings. The predicted octanol–water partition coefficient (Wildman–Crippen LogP) is 2.03. The molecule has 0 aromatic heterocycles. The van der Waals surface area contributed by atoms with E-state index in [4.69, 9.17) is 5.73 Å². The first-order valence-corrected chi connectivity index (χ1v) is 6.15. The maximum absolute atomic E-state index is 12.8. The van der Waals surface area contributed by atoms with Gasteiger partial charge in [0.15, 0.2) is 0 Å². The standard InChI is InChI=1S/C13H18FN3O/c1-9-6-7-17(12(9)8-15)13(18)16-11-4-2-10(14)3-5-11/h2-5,9,12H,6-8,15H2,1H3,(H,16,18). The molecule has 1 aliphatic heterocycles. The van der Waals surface area contributed by atoms with E-state index in [1.165, 1.54) is 12.1 Å². The van der Waals surface area contributed by atoms with Crippen molar-refractivity contribution in [3.8, 4) is 0 Å². The number of nitrogens with zero attached hydrogens (tertiary/aromatic N) is 1. The number of benzene rings is 1. The van der Waals surface area contributed by atoms with Gasteiger partial charge in [-0.3, -0.25) is 0 Å². The van der Waals surface area contributed by atoms with Crippen molar-refractivity contribution in [2.45, 2.75) is 19.4 Å². The highest BCUT2D eigenvalue weighted by molar-refractivity contribution is 5.89. The lowest BCUT2D eigenvalue weighted by Gasteiger charge is -2.25. The van der Waals surface area contributed by atoms with E-state index < -0.39 is 0 Å². The van der Waals surface area contributed by atoms with Gasteiger partial charge in [0, 0.05) is 24.8 Å². The van der Waals surface area contributed by atoms with Crippen LogP contribution in [0.2, 0.25) is 0 Å². The first-order chi connectivity index (χ1) is 8.61. The summed E-state index contributed by atoms with van der Waals surface area (Å²) in [5, 5.41) is 2.76. The monoisotopic (exact) mass is 251 g/mol. The number of likely N-dealkylation sites (tertiary alicyclic amines) is 1. The third-order valence-electron chi connectivity index (χ3n) is 3.48. The first-order valence-electron chi connectivity index (χ1n) is 6.15. The van der Waals surface area contributed by atoms with Gasteiger partial charge in [-0.2, -0.15) is 0 Å². The summed E-state index contributed by atoms with van der Waals surface area (Å²) < 4.78 is 12.8. The molecule has 0 radical (unpaired) electrons. The fraction of sp³-hybridized carbons (Fsp3) is 0.462. The largest absolute Gasteiger partial charge is 0.328 e. The topological polar surface area (TPSA) is 58.4 Å². The van der Waals surface area contributed by atoms with Crippen molar-refractivity contribution >= 4 is 11.7 Å². The van der Waals surface area contributed by atoms with Crippen LogP contribution in [0.4, 0.5) is 14.9 Å². The summed E-state index contributed by atoms with van der Waals surface area (Å²) in [7, 11) is 0. The van der Waals surface area contributed by atoms with Gasteiger partial charge in [-0.1, -0.05) is 6.92 Å². The van der Waals surface area contributed by atoms with E-state index in [2.05, 4.69) is 12.2 Å². The highest BCUT2D eigenvalue weighted by atomic mass is 19.1. The zero-order valence-electron chi connectivity index (χ0n) is 10.4. The fourth-order valence-electron chi connectivity index (χ4n) is 2.35. The third kappa shape index (κ3) is 2.61. The number of nitrogens with two attached hydrogens (primary N) is 1. The Balaban J connectivity index is 2.01. The molecule has 2 rings (SSSR count). The van der Waals surface area contributed by atoms with Crippen LogP contribution in [0.1, 0.15) is 13.3 Å². The van der Waals surface area contributed by atoms with E-state index in [1.807, 2.05) is 0 Å². The number of nitrogens with one attached hydrogen (secondary N) is 1. The van der Waals surface area contributed by atoms with Crippen LogP contribution in [0.5, 0.6) is 0 Å². The van der Waals surface area contributed by atoms with Crippen molar-refractivity contribution < 1.29 is 9.18 Å². The van der Waals surface area contributed by atoms with E-state index in [0.29, 0.717) is 18.2 Å². The van der Waals surface area contributed by atoms with Crippen molar-refractivity contribution in [1.29, 1.82) is 0 Å². The molecule has 0 saturated carbocycles. The van der Waals surface area contributed by atoms with E-state index in [9.17, 15) is 9.18 Å². The molecular weight excluding hydrogens is 233 g/mol. The molecule has 2 amide bonds. The second-order valence-electron chi connectivity index (χ2n) is 4.70. The van der Waals surface area contributed by atoms with E-state index in [0.717, 1.165) is 13.0 Å². The molecule has 1 aliphatic rings. The van der Waals surface area contributed by atoms with Gasteiger partial charge < -0.3 is 16.0 Å². The van der Waals surface area contributed by atoms with Gasteiger partial charge in [-0.05, 0) is 36.6 Å². The number of carbonyl (C=O) groups excluding carboxylic acids is 1. The number of anilines is 1. The SMILES string of the molecule is CC1CCN(C(=O)Nc2ccc(F)cc2)C1CN. The zero-order chi connectivity index (χ0) is 13.1. The molecule has 3 N–H and O–H groups in total. The van der Waals surface area contributed by atoms with Crippen LogP contribution in [0.15, 0.2) is 24.3 Å². The van der Waals surface area contributed by atoms with E-state index in [-0.39, 0.29) is 17.9 Å². The Labute approximate surface area is 106 Å². The summed E-state index contributed by atoms with van der Waals surface area (Å²) in [5.74, 6) is 0.108. The zero-order valence-corrected chi connectivity index (χ0v) is 10.4. The second kappa shape index (κ2) is 5.35. The summed E-state index contributed by atoms with van der Waals surface area (Å²) in [6, 6.07) is 5.66. The van der Waals surface area contributed by atoms with Crippen molar-refractivity contribution in [3.63, 3.8) is 0 Å². The molecule has 1 aromatic rings. The van der Waals surface area contributed by atoms with Crippen LogP contribution in [0.3, 0.4) is 0 Å². The predicted molar refractivity (Wildman–Crippen MR) is 68.7 cm³/mol. The smallest absolute Gasteiger partial charge is 0.322 e. The minimum atomic E-state index is -0.317. The quantitative estimate of drug-likeness (QED) is 0.845.